The number of anilines is 1. The number of rotatable bonds is 4. The Bertz CT molecular complexity index is 754. The fraction of sp³-hybridized carbons (Fsp3) is 0.500. The van der Waals surface area contributed by atoms with Gasteiger partial charge >= 0.3 is 0 Å². The summed E-state index contributed by atoms with van der Waals surface area (Å²) in [6, 6.07) is 5.31. The van der Waals surface area contributed by atoms with Crippen molar-refractivity contribution in [3.05, 3.63) is 28.8 Å². The van der Waals surface area contributed by atoms with Crippen LogP contribution in [0.25, 0.3) is 0 Å². The van der Waals surface area contributed by atoms with Gasteiger partial charge in [0.05, 0.1) is 10.6 Å². The van der Waals surface area contributed by atoms with Crippen LogP contribution in [-0.4, -0.2) is 30.0 Å². The van der Waals surface area contributed by atoms with Crippen molar-refractivity contribution in [1.82, 2.24) is 5.32 Å². The van der Waals surface area contributed by atoms with Gasteiger partial charge in [0.15, 0.2) is 0 Å². The number of hydrogen-bond acceptors (Lipinski definition) is 6. The van der Waals surface area contributed by atoms with Crippen LogP contribution in [0.1, 0.15) is 55.8 Å². The molecule has 0 atom stereocenters. The molecule has 1 heterocycles. The van der Waals surface area contributed by atoms with Gasteiger partial charge in [-0.3, -0.25) is 9.69 Å². The first-order valence-electron chi connectivity index (χ1n) is 9.04. The standard InChI is InChI=1S/C18H25ClN6O/c1-2-10-22-15(26)13-11-12(6-7-14(13)19)25-17(21)23-16(20)24-18(25)8-4-3-5-9-18/h6-7,11H,2-5,8-10H2,1H3,(H,22,26)(H4,20,21,23,24). The van der Waals surface area contributed by atoms with Crippen LogP contribution < -0.4 is 21.7 Å². The highest BCUT2D eigenvalue weighted by molar-refractivity contribution is 6.34. The SMILES string of the molecule is CCCNC(=O)c1cc(N2C(N)=NC(N)=NC23CCCCC3)ccc1Cl. The van der Waals surface area contributed by atoms with Gasteiger partial charge in [0.25, 0.3) is 5.91 Å². The molecule has 0 bridgehead atoms. The lowest BCUT2D eigenvalue weighted by molar-refractivity contribution is 0.0954. The van der Waals surface area contributed by atoms with E-state index in [1.165, 1.54) is 0 Å². The molecule has 1 saturated carbocycles. The summed E-state index contributed by atoms with van der Waals surface area (Å²) in [5.41, 5.74) is 12.8. The summed E-state index contributed by atoms with van der Waals surface area (Å²) >= 11 is 6.26. The van der Waals surface area contributed by atoms with Crippen molar-refractivity contribution in [3.8, 4) is 0 Å². The van der Waals surface area contributed by atoms with Crippen LogP contribution in [0.2, 0.25) is 5.02 Å². The number of hydrogen-bond donors (Lipinski definition) is 3. The Morgan fingerprint density at radius 1 is 1.31 bits per heavy atom. The summed E-state index contributed by atoms with van der Waals surface area (Å²) in [4.78, 5) is 23.1. The molecular formula is C18H25ClN6O. The Labute approximate surface area is 158 Å². The molecule has 0 unspecified atom stereocenters. The number of nitrogens with two attached hydrogens (primary N) is 2. The average Bonchev–Trinajstić information content (AvgIpc) is 2.61. The summed E-state index contributed by atoms with van der Waals surface area (Å²) in [5, 5.41) is 3.26. The van der Waals surface area contributed by atoms with E-state index in [-0.39, 0.29) is 11.9 Å². The molecule has 3 rings (SSSR count). The molecule has 5 N–H and O–H groups in total. The van der Waals surface area contributed by atoms with E-state index >= 15 is 0 Å². The molecule has 1 aliphatic heterocycles. The fourth-order valence-corrected chi connectivity index (χ4v) is 3.86. The zero-order valence-electron chi connectivity index (χ0n) is 15.0. The Balaban J connectivity index is 2.01. The maximum Gasteiger partial charge on any atom is 0.252 e. The quantitative estimate of drug-likeness (QED) is 0.750. The number of aliphatic imine (C=N–C) groups is 2. The van der Waals surface area contributed by atoms with Gasteiger partial charge in [0, 0.05) is 12.2 Å². The number of guanidine groups is 2. The predicted octanol–water partition coefficient (Wildman–Crippen LogP) is 2.59. The first-order valence-corrected chi connectivity index (χ1v) is 9.42. The highest BCUT2D eigenvalue weighted by atomic mass is 35.5. The molecule has 1 aromatic rings. The van der Waals surface area contributed by atoms with Gasteiger partial charge in [-0.05, 0) is 50.3 Å². The van der Waals surface area contributed by atoms with Crippen molar-refractivity contribution in [2.24, 2.45) is 21.5 Å². The van der Waals surface area contributed by atoms with Crippen LogP contribution >= 0.6 is 11.6 Å². The van der Waals surface area contributed by atoms with Gasteiger partial charge in [-0.1, -0.05) is 24.9 Å². The number of nitrogens with zero attached hydrogens (tertiary/aromatic N) is 3. The molecule has 1 fully saturated rings. The molecule has 0 radical (unpaired) electrons. The van der Waals surface area contributed by atoms with E-state index < -0.39 is 5.66 Å². The second-order valence-electron chi connectivity index (χ2n) is 6.74. The van der Waals surface area contributed by atoms with E-state index in [0.29, 0.717) is 23.1 Å². The summed E-state index contributed by atoms with van der Waals surface area (Å²) in [5.74, 6) is 0.295. The van der Waals surface area contributed by atoms with Gasteiger partial charge in [0.1, 0.15) is 5.66 Å². The Hall–Kier alpha value is -2.28. The molecule has 1 aromatic carbocycles. The molecular weight excluding hydrogens is 352 g/mol. The van der Waals surface area contributed by atoms with Crippen LogP contribution in [0.3, 0.4) is 0 Å². The summed E-state index contributed by atoms with van der Waals surface area (Å²) in [7, 11) is 0. The highest BCUT2D eigenvalue weighted by Gasteiger charge is 2.42. The third kappa shape index (κ3) is 3.49. The van der Waals surface area contributed by atoms with Crippen molar-refractivity contribution < 1.29 is 4.79 Å². The minimum Gasteiger partial charge on any atom is -0.369 e. The van der Waals surface area contributed by atoms with Crippen LogP contribution in [0.4, 0.5) is 5.69 Å². The lowest BCUT2D eigenvalue weighted by Gasteiger charge is -2.45. The molecule has 26 heavy (non-hydrogen) atoms. The van der Waals surface area contributed by atoms with E-state index in [1.54, 1.807) is 12.1 Å². The maximum atomic E-state index is 12.4. The van der Waals surface area contributed by atoms with Crippen LogP contribution in [0.5, 0.6) is 0 Å². The summed E-state index contributed by atoms with van der Waals surface area (Å²) in [6.07, 6.45) is 5.77. The topological polar surface area (TPSA) is 109 Å². The van der Waals surface area contributed by atoms with Crippen molar-refractivity contribution in [2.75, 3.05) is 11.4 Å². The zero-order chi connectivity index (χ0) is 18.7. The molecule has 0 aromatic heterocycles. The molecule has 7 nitrogen and oxygen atoms in total. The van der Waals surface area contributed by atoms with E-state index in [4.69, 9.17) is 23.1 Å². The van der Waals surface area contributed by atoms with Crippen molar-refractivity contribution >= 4 is 35.1 Å². The molecule has 8 heteroatoms. The van der Waals surface area contributed by atoms with E-state index in [1.807, 2.05) is 17.9 Å². The Morgan fingerprint density at radius 3 is 2.73 bits per heavy atom. The molecule has 0 saturated heterocycles. The summed E-state index contributed by atoms with van der Waals surface area (Å²) in [6.45, 7) is 2.59. The maximum absolute atomic E-state index is 12.4. The fourth-order valence-electron chi connectivity index (χ4n) is 3.65. The predicted molar refractivity (Wildman–Crippen MR) is 106 cm³/mol. The van der Waals surface area contributed by atoms with Crippen molar-refractivity contribution in [1.29, 1.82) is 0 Å². The highest BCUT2D eigenvalue weighted by Crippen LogP contribution is 2.40. The van der Waals surface area contributed by atoms with Crippen LogP contribution in [0.15, 0.2) is 28.2 Å². The third-order valence-corrected chi connectivity index (χ3v) is 5.17. The minimum atomic E-state index is -0.542. The molecule has 2 aliphatic rings. The Morgan fingerprint density at radius 2 is 2.04 bits per heavy atom. The third-order valence-electron chi connectivity index (χ3n) is 4.84. The molecule has 1 aliphatic carbocycles. The largest absolute Gasteiger partial charge is 0.369 e. The number of nitrogens with one attached hydrogen (secondary N) is 1. The van der Waals surface area contributed by atoms with E-state index in [0.717, 1.165) is 44.2 Å². The van der Waals surface area contributed by atoms with E-state index in [2.05, 4.69) is 15.3 Å². The van der Waals surface area contributed by atoms with Gasteiger partial charge in [-0.25, -0.2) is 4.99 Å². The smallest absolute Gasteiger partial charge is 0.252 e. The second-order valence-corrected chi connectivity index (χ2v) is 7.15. The van der Waals surface area contributed by atoms with Gasteiger partial charge in [-0.2, -0.15) is 4.99 Å². The van der Waals surface area contributed by atoms with Crippen molar-refractivity contribution in [3.63, 3.8) is 0 Å². The van der Waals surface area contributed by atoms with Crippen LogP contribution in [-0.2, 0) is 0 Å². The van der Waals surface area contributed by atoms with E-state index in [9.17, 15) is 4.79 Å². The number of halogens is 1. The monoisotopic (exact) mass is 376 g/mol. The summed E-state index contributed by atoms with van der Waals surface area (Å²) < 4.78 is 0. The van der Waals surface area contributed by atoms with Gasteiger partial charge in [0.2, 0.25) is 11.9 Å². The molecule has 1 amide bonds. The lowest BCUT2D eigenvalue weighted by atomic mass is 9.87. The number of carbonyl (C=O) groups excluding carboxylic acids is 1. The number of amides is 1. The van der Waals surface area contributed by atoms with Gasteiger partial charge in [-0.15, -0.1) is 0 Å². The first kappa shape index (κ1) is 18.5. The number of carbonyl (C=O) groups is 1. The number of benzene rings is 1. The Kier molecular flexibility index (Phi) is 5.36. The average molecular weight is 377 g/mol. The van der Waals surface area contributed by atoms with Crippen molar-refractivity contribution in [2.45, 2.75) is 51.1 Å². The first-order chi connectivity index (χ1) is 12.5. The lowest BCUT2D eigenvalue weighted by Crippen LogP contribution is -2.58. The minimum absolute atomic E-state index is 0.202. The van der Waals surface area contributed by atoms with Crippen LogP contribution in [0, 0.1) is 0 Å². The molecule has 1 spiro atoms. The molecule has 140 valence electrons. The second kappa shape index (κ2) is 7.53. The van der Waals surface area contributed by atoms with Gasteiger partial charge < -0.3 is 16.8 Å². The normalized spacial score (nSPS) is 19.1. The zero-order valence-corrected chi connectivity index (χ0v) is 15.7.